The molecule has 1 aromatic rings. The topological polar surface area (TPSA) is 42.0 Å². The minimum Gasteiger partial charge on any atom is -0.342 e. The standard InChI is InChI=1S/C6H4BrF3N2OS/c7-5-11-1-3(14-5)4(13)12-2-6(8,9)10/h1H,2H2,(H,12,13). The van der Waals surface area contributed by atoms with E-state index in [1.165, 1.54) is 6.20 Å². The van der Waals surface area contributed by atoms with Crippen LogP contribution in [0, 0.1) is 0 Å². The van der Waals surface area contributed by atoms with Gasteiger partial charge in [0.05, 0.1) is 6.20 Å². The van der Waals surface area contributed by atoms with Crippen molar-refractivity contribution < 1.29 is 18.0 Å². The van der Waals surface area contributed by atoms with Crippen molar-refractivity contribution in [2.45, 2.75) is 6.18 Å². The monoisotopic (exact) mass is 288 g/mol. The summed E-state index contributed by atoms with van der Waals surface area (Å²) in [4.78, 5) is 14.9. The maximum absolute atomic E-state index is 11.7. The highest BCUT2D eigenvalue weighted by Gasteiger charge is 2.28. The molecule has 3 nitrogen and oxygen atoms in total. The predicted molar refractivity (Wildman–Crippen MR) is 48.2 cm³/mol. The van der Waals surface area contributed by atoms with Crippen LogP contribution in [0.1, 0.15) is 9.67 Å². The van der Waals surface area contributed by atoms with Crippen LogP contribution in [0.3, 0.4) is 0 Å². The minimum atomic E-state index is -4.39. The number of carbonyl (C=O) groups excluding carboxylic acids is 1. The first-order valence-corrected chi connectivity index (χ1v) is 4.96. The number of rotatable bonds is 2. The molecule has 0 spiro atoms. The molecule has 0 saturated heterocycles. The lowest BCUT2D eigenvalue weighted by molar-refractivity contribution is -0.123. The van der Waals surface area contributed by atoms with Gasteiger partial charge in [0.15, 0.2) is 3.92 Å². The number of halogens is 4. The van der Waals surface area contributed by atoms with Crippen LogP contribution in [-0.2, 0) is 0 Å². The molecule has 0 saturated carbocycles. The van der Waals surface area contributed by atoms with E-state index in [1.54, 1.807) is 5.32 Å². The molecule has 0 fully saturated rings. The lowest BCUT2D eigenvalue weighted by Crippen LogP contribution is -2.33. The number of carbonyl (C=O) groups is 1. The molecule has 0 bridgehead atoms. The molecule has 1 rings (SSSR count). The second kappa shape index (κ2) is 4.26. The van der Waals surface area contributed by atoms with Crippen LogP contribution in [0.2, 0.25) is 0 Å². The minimum absolute atomic E-state index is 0.140. The largest absolute Gasteiger partial charge is 0.405 e. The summed E-state index contributed by atoms with van der Waals surface area (Å²) in [5, 5.41) is 1.74. The van der Waals surface area contributed by atoms with E-state index in [4.69, 9.17) is 0 Å². The molecule has 78 valence electrons. The molecule has 0 aliphatic heterocycles. The van der Waals surface area contributed by atoms with Crippen LogP contribution in [0.25, 0.3) is 0 Å². The van der Waals surface area contributed by atoms with Crippen molar-refractivity contribution in [3.8, 4) is 0 Å². The molecular formula is C6H4BrF3N2OS. The lowest BCUT2D eigenvalue weighted by Gasteiger charge is -2.06. The maximum atomic E-state index is 11.7. The Balaban J connectivity index is 2.52. The predicted octanol–water partition coefficient (Wildman–Crippen LogP) is 2.20. The fraction of sp³-hybridized carbons (Fsp3) is 0.333. The first-order valence-electron chi connectivity index (χ1n) is 3.35. The van der Waals surface area contributed by atoms with Crippen molar-refractivity contribution in [1.29, 1.82) is 0 Å². The second-order valence-corrected chi connectivity index (χ2v) is 4.58. The molecule has 8 heteroatoms. The summed E-state index contributed by atoms with van der Waals surface area (Å²) in [5.41, 5.74) is 0. The van der Waals surface area contributed by atoms with Gasteiger partial charge in [0.25, 0.3) is 5.91 Å². The number of amides is 1. The summed E-state index contributed by atoms with van der Waals surface area (Å²) >= 11 is 3.97. The summed E-state index contributed by atoms with van der Waals surface area (Å²) in [6.45, 7) is -1.33. The van der Waals surface area contributed by atoms with Gasteiger partial charge in [0.1, 0.15) is 11.4 Å². The zero-order chi connectivity index (χ0) is 10.8. The van der Waals surface area contributed by atoms with Crippen molar-refractivity contribution in [3.05, 3.63) is 15.0 Å². The maximum Gasteiger partial charge on any atom is 0.405 e. The Bertz CT molecular complexity index is 338. The van der Waals surface area contributed by atoms with Gasteiger partial charge in [-0.05, 0) is 15.9 Å². The van der Waals surface area contributed by atoms with Gasteiger partial charge < -0.3 is 5.32 Å². The van der Waals surface area contributed by atoms with Crippen molar-refractivity contribution >= 4 is 33.2 Å². The van der Waals surface area contributed by atoms with Crippen molar-refractivity contribution in [2.75, 3.05) is 6.54 Å². The van der Waals surface area contributed by atoms with Gasteiger partial charge in [-0.25, -0.2) is 4.98 Å². The summed E-state index contributed by atoms with van der Waals surface area (Å²) in [7, 11) is 0. The van der Waals surface area contributed by atoms with E-state index in [1.807, 2.05) is 0 Å². The van der Waals surface area contributed by atoms with Gasteiger partial charge in [-0.1, -0.05) is 0 Å². The fourth-order valence-corrected chi connectivity index (χ4v) is 1.81. The van der Waals surface area contributed by atoms with Crippen LogP contribution in [-0.4, -0.2) is 23.6 Å². The average Bonchev–Trinajstić information content (AvgIpc) is 2.46. The highest BCUT2D eigenvalue weighted by molar-refractivity contribution is 9.11. The van der Waals surface area contributed by atoms with Crippen LogP contribution >= 0.6 is 27.3 Å². The molecular weight excluding hydrogens is 285 g/mol. The van der Waals surface area contributed by atoms with E-state index in [-0.39, 0.29) is 4.88 Å². The van der Waals surface area contributed by atoms with Crippen LogP contribution in [0.5, 0.6) is 0 Å². The Hall–Kier alpha value is -0.630. The van der Waals surface area contributed by atoms with Crippen LogP contribution in [0.15, 0.2) is 10.1 Å². The highest BCUT2D eigenvalue weighted by Crippen LogP contribution is 2.18. The number of nitrogens with zero attached hydrogens (tertiary/aromatic N) is 1. The van der Waals surface area contributed by atoms with E-state index < -0.39 is 18.6 Å². The molecule has 0 unspecified atom stereocenters. The summed E-state index contributed by atoms with van der Waals surface area (Å²) < 4.78 is 35.6. The SMILES string of the molecule is O=C(NCC(F)(F)F)c1cnc(Br)s1. The number of aromatic nitrogens is 1. The second-order valence-electron chi connectivity index (χ2n) is 2.28. The van der Waals surface area contributed by atoms with Gasteiger partial charge in [-0.15, -0.1) is 11.3 Å². The van der Waals surface area contributed by atoms with Crippen molar-refractivity contribution in [1.82, 2.24) is 10.3 Å². The third-order valence-corrected chi connectivity index (χ3v) is 2.63. The van der Waals surface area contributed by atoms with Gasteiger partial charge >= 0.3 is 6.18 Å². The molecule has 1 aromatic heterocycles. The third kappa shape index (κ3) is 3.62. The number of hydrogen-bond donors (Lipinski definition) is 1. The number of thiazole rings is 1. The molecule has 0 aliphatic rings. The van der Waals surface area contributed by atoms with E-state index in [0.29, 0.717) is 3.92 Å². The van der Waals surface area contributed by atoms with Gasteiger partial charge in [0.2, 0.25) is 0 Å². The van der Waals surface area contributed by atoms with E-state index in [9.17, 15) is 18.0 Å². The fourth-order valence-electron chi connectivity index (χ4n) is 0.625. The van der Waals surface area contributed by atoms with Crippen molar-refractivity contribution in [2.24, 2.45) is 0 Å². The molecule has 14 heavy (non-hydrogen) atoms. The van der Waals surface area contributed by atoms with Gasteiger partial charge in [-0.2, -0.15) is 13.2 Å². The van der Waals surface area contributed by atoms with Gasteiger partial charge in [0, 0.05) is 0 Å². The molecule has 1 heterocycles. The number of hydrogen-bond acceptors (Lipinski definition) is 3. The van der Waals surface area contributed by atoms with E-state index in [0.717, 1.165) is 11.3 Å². The first-order chi connectivity index (χ1) is 6.38. The molecule has 0 aliphatic carbocycles. The molecule has 0 atom stereocenters. The molecule has 0 radical (unpaired) electrons. The summed E-state index contributed by atoms with van der Waals surface area (Å²) in [6, 6.07) is 0. The number of alkyl halides is 3. The Morgan fingerprint density at radius 1 is 1.64 bits per heavy atom. The van der Waals surface area contributed by atoms with E-state index >= 15 is 0 Å². The first kappa shape index (κ1) is 11.4. The molecule has 1 N–H and O–H groups in total. The third-order valence-electron chi connectivity index (χ3n) is 1.15. The van der Waals surface area contributed by atoms with Gasteiger partial charge in [-0.3, -0.25) is 4.79 Å². The molecule has 1 amide bonds. The Labute approximate surface area is 89.5 Å². The Kier molecular flexibility index (Phi) is 3.48. The zero-order valence-electron chi connectivity index (χ0n) is 6.56. The van der Waals surface area contributed by atoms with Crippen LogP contribution < -0.4 is 5.32 Å². The Morgan fingerprint density at radius 3 is 2.71 bits per heavy atom. The van der Waals surface area contributed by atoms with E-state index in [2.05, 4.69) is 20.9 Å². The highest BCUT2D eigenvalue weighted by atomic mass is 79.9. The smallest absolute Gasteiger partial charge is 0.342 e. The summed E-state index contributed by atoms with van der Waals surface area (Å²) in [5.74, 6) is -0.773. The summed E-state index contributed by atoms with van der Waals surface area (Å²) in [6.07, 6.45) is -3.18. The number of nitrogens with one attached hydrogen (secondary N) is 1. The Morgan fingerprint density at radius 2 is 2.29 bits per heavy atom. The van der Waals surface area contributed by atoms with Crippen LogP contribution in [0.4, 0.5) is 13.2 Å². The quantitative estimate of drug-likeness (QED) is 0.907. The molecule has 0 aromatic carbocycles. The van der Waals surface area contributed by atoms with Crippen molar-refractivity contribution in [3.63, 3.8) is 0 Å². The lowest BCUT2D eigenvalue weighted by atomic mass is 10.5. The average molecular weight is 289 g/mol. The normalized spacial score (nSPS) is 11.4. The zero-order valence-corrected chi connectivity index (χ0v) is 8.96.